The predicted molar refractivity (Wildman–Crippen MR) is 142 cm³/mol. The zero-order valence-corrected chi connectivity index (χ0v) is 21.7. The molecule has 0 atom stereocenters. The summed E-state index contributed by atoms with van der Waals surface area (Å²) in [5.74, 6) is -0.517. The second-order valence-electron chi connectivity index (χ2n) is 9.71. The Morgan fingerprint density at radius 2 is 1.95 bits per heavy atom. The molecule has 0 spiro atoms. The number of nitrogens with zero attached hydrogens (tertiary/aromatic N) is 2. The molecule has 9 nitrogen and oxygen atoms in total. The molecule has 3 aromatic rings. The van der Waals surface area contributed by atoms with Crippen LogP contribution in [0.25, 0.3) is 22.3 Å². The van der Waals surface area contributed by atoms with E-state index in [2.05, 4.69) is 0 Å². The Morgan fingerprint density at radius 3 is 2.58 bits per heavy atom. The lowest BCUT2D eigenvalue weighted by atomic mass is 9.85. The van der Waals surface area contributed by atoms with Gasteiger partial charge in [0.1, 0.15) is 12.4 Å². The first kappa shape index (κ1) is 27.3. The van der Waals surface area contributed by atoms with Crippen molar-refractivity contribution in [2.24, 2.45) is 11.5 Å². The van der Waals surface area contributed by atoms with Crippen molar-refractivity contribution in [2.45, 2.75) is 71.9 Å². The topological polar surface area (TPSA) is 151 Å². The van der Waals surface area contributed by atoms with Gasteiger partial charge < -0.3 is 25.9 Å². The van der Waals surface area contributed by atoms with Crippen LogP contribution in [-0.2, 0) is 41.9 Å². The number of nitrogens with two attached hydrogens (primary N) is 2. The van der Waals surface area contributed by atoms with Crippen LogP contribution in [0.5, 0.6) is 0 Å². The van der Waals surface area contributed by atoms with Crippen LogP contribution in [0.1, 0.15) is 66.0 Å². The highest BCUT2D eigenvalue weighted by Crippen LogP contribution is 2.41. The van der Waals surface area contributed by atoms with Gasteiger partial charge in [-0.15, -0.1) is 0 Å². The maximum Gasteiger partial charge on any atom is 0.506 e. The Labute approximate surface area is 219 Å². The lowest BCUT2D eigenvalue weighted by Crippen LogP contribution is -2.26. The molecule has 3 heterocycles. The fourth-order valence-corrected chi connectivity index (χ4v) is 5.41. The van der Waals surface area contributed by atoms with Crippen molar-refractivity contribution in [1.82, 2.24) is 9.55 Å². The van der Waals surface area contributed by atoms with Crippen molar-refractivity contribution in [3.05, 3.63) is 61.7 Å². The first-order chi connectivity index (χ1) is 18.2. The SMILES string of the molecule is CCCc1cc2n(c(=O)c1COC(=O)O)Cc1c-2nc2cc(F)c(C)c3c2c1CCC3.NCCCC(N)=O. The summed E-state index contributed by atoms with van der Waals surface area (Å²) in [5.41, 5.74) is 16.7. The molecule has 0 fully saturated rings. The van der Waals surface area contributed by atoms with E-state index in [1.54, 1.807) is 4.57 Å². The molecule has 1 aromatic carbocycles. The molecule has 5 rings (SSSR count). The molecule has 0 radical (unpaired) electrons. The van der Waals surface area contributed by atoms with Crippen LogP contribution in [0, 0.1) is 12.7 Å². The van der Waals surface area contributed by atoms with E-state index < -0.39 is 6.16 Å². The van der Waals surface area contributed by atoms with E-state index in [0.717, 1.165) is 59.0 Å². The molecule has 5 N–H and O–H groups in total. The van der Waals surface area contributed by atoms with Gasteiger partial charge >= 0.3 is 6.16 Å². The summed E-state index contributed by atoms with van der Waals surface area (Å²) < 4.78 is 21.0. The molecule has 202 valence electrons. The first-order valence-corrected chi connectivity index (χ1v) is 12.9. The van der Waals surface area contributed by atoms with E-state index >= 15 is 0 Å². The summed E-state index contributed by atoms with van der Waals surface area (Å²) in [6.07, 6.45) is 3.79. The van der Waals surface area contributed by atoms with Gasteiger partial charge in [-0.05, 0) is 73.9 Å². The summed E-state index contributed by atoms with van der Waals surface area (Å²) >= 11 is 0. The zero-order chi connectivity index (χ0) is 27.6. The lowest BCUT2D eigenvalue weighted by Gasteiger charge is -2.21. The van der Waals surface area contributed by atoms with E-state index in [9.17, 15) is 18.8 Å². The minimum absolute atomic E-state index is 0.241. The minimum Gasteiger partial charge on any atom is -0.450 e. The van der Waals surface area contributed by atoms with Crippen molar-refractivity contribution >= 4 is 23.0 Å². The molecule has 1 amide bonds. The molecule has 0 bridgehead atoms. The molecular formula is C28H33FN4O5. The van der Waals surface area contributed by atoms with Gasteiger partial charge in [0, 0.05) is 23.4 Å². The van der Waals surface area contributed by atoms with Crippen LogP contribution in [0.2, 0.25) is 0 Å². The van der Waals surface area contributed by atoms with Crippen LogP contribution < -0.4 is 17.0 Å². The Kier molecular flexibility index (Phi) is 8.11. The smallest absolute Gasteiger partial charge is 0.450 e. The van der Waals surface area contributed by atoms with Gasteiger partial charge in [-0.2, -0.15) is 0 Å². The van der Waals surface area contributed by atoms with Crippen molar-refractivity contribution in [3.63, 3.8) is 0 Å². The number of carbonyl (C=O) groups excluding carboxylic acids is 1. The van der Waals surface area contributed by atoms with E-state index in [1.165, 1.54) is 6.07 Å². The van der Waals surface area contributed by atoms with Crippen molar-refractivity contribution < 1.29 is 23.8 Å². The number of ether oxygens (including phenoxy) is 1. The maximum atomic E-state index is 14.6. The van der Waals surface area contributed by atoms with Crippen LogP contribution in [0.15, 0.2) is 16.9 Å². The number of pyridine rings is 2. The van der Waals surface area contributed by atoms with Gasteiger partial charge in [0.15, 0.2) is 0 Å². The van der Waals surface area contributed by atoms with Crippen molar-refractivity contribution in [2.75, 3.05) is 6.54 Å². The Balaban J connectivity index is 0.000000426. The molecule has 38 heavy (non-hydrogen) atoms. The quantitative estimate of drug-likeness (QED) is 0.312. The Bertz CT molecular complexity index is 1480. The van der Waals surface area contributed by atoms with Crippen LogP contribution in [-0.4, -0.2) is 33.3 Å². The summed E-state index contributed by atoms with van der Waals surface area (Å²) in [7, 11) is 0. The summed E-state index contributed by atoms with van der Waals surface area (Å²) in [6.45, 7) is 4.49. The molecule has 2 aliphatic rings. The predicted octanol–water partition coefficient (Wildman–Crippen LogP) is 3.72. The number of aromatic nitrogens is 2. The number of benzene rings is 1. The van der Waals surface area contributed by atoms with Gasteiger partial charge in [-0.3, -0.25) is 9.59 Å². The molecule has 1 aliphatic heterocycles. The third-order valence-electron chi connectivity index (χ3n) is 7.21. The number of halogens is 1. The monoisotopic (exact) mass is 524 g/mol. The van der Waals surface area contributed by atoms with Crippen molar-refractivity contribution in [3.8, 4) is 11.4 Å². The van der Waals surface area contributed by atoms with Crippen LogP contribution in [0.3, 0.4) is 0 Å². The first-order valence-electron chi connectivity index (χ1n) is 12.9. The standard InChI is InChI=1S/C24H23FN2O4.C4H10N2O/c1-3-5-13-8-20-22-16(10-27(20)23(28)17(13)11-31-24(29)30)15-7-4-6-14-12(2)18(25)9-19(26-22)21(14)15;5-3-1-2-4(6)7/h8-9H,3-7,10-11H2,1-2H3,(H,29,30);1-3,5H2,(H2,6,7). The normalized spacial score (nSPS) is 12.9. The number of fused-ring (bicyclic) bond motifs is 4. The van der Waals surface area contributed by atoms with Gasteiger partial charge in [-0.1, -0.05) is 13.3 Å². The fraction of sp³-hybridized carbons (Fsp3) is 0.429. The van der Waals surface area contributed by atoms with E-state index in [4.69, 9.17) is 26.3 Å². The number of primary amides is 1. The Hall–Kier alpha value is -3.79. The summed E-state index contributed by atoms with van der Waals surface area (Å²) in [6, 6.07) is 3.43. The average molecular weight is 525 g/mol. The number of rotatable bonds is 7. The number of aryl methyl sites for hydroxylation is 3. The fourth-order valence-electron chi connectivity index (χ4n) is 5.41. The highest BCUT2D eigenvalue weighted by Gasteiger charge is 2.30. The van der Waals surface area contributed by atoms with Crippen LogP contribution in [0.4, 0.5) is 9.18 Å². The zero-order valence-electron chi connectivity index (χ0n) is 21.7. The summed E-state index contributed by atoms with van der Waals surface area (Å²) in [4.78, 5) is 39.0. The van der Waals surface area contributed by atoms with Gasteiger partial charge in [-0.25, -0.2) is 14.2 Å². The summed E-state index contributed by atoms with van der Waals surface area (Å²) in [5, 5.41) is 9.94. The number of carbonyl (C=O) groups is 2. The van der Waals surface area contributed by atoms with E-state index in [0.29, 0.717) is 54.7 Å². The van der Waals surface area contributed by atoms with Crippen molar-refractivity contribution in [1.29, 1.82) is 0 Å². The van der Waals surface area contributed by atoms with Gasteiger partial charge in [0.25, 0.3) is 5.56 Å². The van der Waals surface area contributed by atoms with E-state index in [1.807, 2.05) is 19.9 Å². The Morgan fingerprint density at radius 1 is 1.21 bits per heavy atom. The second-order valence-corrected chi connectivity index (χ2v) is 9.71. The second kappa shape index (κ2) is 11.3. The van der Waals surface area contributed by atoms with Gasteiger partial charge in [0.05, 0.1) is 29.0 Å². The van der Waals surface area contributed by atoms with Crippen LogP contribution >= 0.6 is 0 Å². The lowest BCUT2D eigenvalue weighted by molar-refractivity contribution is -0.118. The molecule has 2 aromatic heterocycles. The van der Waals surface area contributed by atoms with E-state index in [-0.39, 0.29) is 23.9 Å². The maximum absolute atomic E-state index is 14.6. The molecule has 10 heteroatoms. The van der Waals surface area contributed by atoms with Gasteiger partial charge in [0.2, 0.25) is 5.91 Å². The highest BCUT2D eigenvalue weighted by molar-refractivity contribution is 5.92. The molecule has 1 aliphatic carbocycles. The number of amides is 1. The largest absolute Gasteiger partial charge is 0.506 e. The average Bonchev–Trinajstić information content (AvgIpc) is 3.25. The molecular weight excluding hydrogens is 491 g/mol. The number of hydrogen-bond acceptors (Lipinski definition) is 6. The highest BCUT2D eigenvalue weighted by atomic mass is 19.1. The minimum atomic E-state index is -1.40. The number of carboxylic acid groups (broad SMARTS) is 1. The third-order valence-corrected chi connectivity index (χ3v) is 7.21. The molecule has 0 unspecified atom stereocenters. The molecule has 0 saturated heterocycles. The number of hydrogen-bond donors (Lipinski definition) is 3. The molecule has 0 saturated carbocycles. The third kappa shape index (κ3) is 5.13.